The fourth-order valence-corrected chi connectivity index (χ4v) is 1.95. The van der Waals surface area contributed by atoms with Gasteiger partial charge in [0.1, 0.15) is 6.61 Å². The molecule has 0 aliphatic carbocycles. The van der Waals surface area contributed by atoms with Gasteiger partial charge in [0.25, 0.3) is 0 Å². The average Bonchev–Trinajstić information content (AvgIpc) is 2.43. The fourth-order valence-electron chi connectivity index (χ4n) is 1.61. The van der Waals surface area contributed by atoms with Gasteiger partial charge in [-0.2, -0.15) is 0 Å². The number of hydrogen-bond acceptors (Lipinski definition) is 4. The van der Waals surface area contributed by atoms with Gasteiger partial charge < -0.3 is 10.5 Å². The topological polar surface area (TPSA) is 65.2 Å². The molecule has 1 heterocycles. The molecule has 2 aromatic rings. The van der Waals surface area contributed by atoms with E-state index in [1.54, 1.807) is 6.20 Å². The van der Waals surface area contributed by atoms with Crippen molar-refractivity contribution in [1.29, 1.82) is 0 Å². The average molecular weight is 311 g/mol. The van der Waals surface area contributed by atoms with Crippen LogP contribution in [0.5, 0.6) is 0 Å². The molecule has 1 aromatic heterocycles. The molecule has 0 atom stereocenters. The molecule has 0 aliphatic heterocycles. The number of anilines is 1. The normalized spacial score (nSPS) is 10.3. The number of nitrogens with zero attached hydrogens (tertiary/aromatic N) is 1. The number of hydrogen-bond donors (Lipinski definition) is 1. The first kappa shape index (κ1) is 14.6. The number of halogens is 2. The number of aryl methyl sites for hydroxylation is 1. The number of nitrogens with two attached hydrogens (primary N) is 1. The Labute approximate surface area is 126 Å². The zero-order valence-electron chi connectivity index (χ0n) is 10.7. The highest BCUT2D eigenvalue weighted by molar-refractivity contribution is 6.43. The number of esters is 1. The molecule has 0 unspecified atom stereocenters. The van der Waals surface area contributed by atoms with Crippen molar-refractivity contribution in [2.45, 2.75) is 13.5 Å². The summed E-state index contributed by atoms with van der Waals surface area (Å²) in [5, 5.41) is 0.441. The molecule has 2 rings (SSSR count). The van der Waals surface area contributed by atoms with E-state index in [9.17, 15) is 4.79 Å². The van der Waals surface area contributed by atoms with E-state index in [4.69, 9.17) is 33.7 Å². The van der Waals surface area contributed by atoms with Crippen LogP contribution >= 0.6 is 23.2 Å². The molecule has 0 bridgehead atoms. The van der Waals surface area contributed by atoms with Crippen molar-refractivity contribution in [1.82, 2.24) is 4.98 Å². The molecule has 0 fully saturated rings. The zero-order chi connectivity index (χ0) is 14.7. The zero-order valence-corrected chi connectivity index (χ0v) is 12.2. The molecule has 6 heteroatoms. The van der Waals surface area contributed by atoms with Gasteiger partial charge in [-0.25, -0.2) is 4.79 Å². The maximum absolute atomic E-state index is 11.9. The van der Waals surface area contributed by atoms with E-state index < -0.39 is 5.97 Å². The first-order chi connectivity index (χ1) is 9.49. The smallest absolute Gasteiger partial charge is 0.338 e. The highest BCUT2D eigenvalue weighted by Gasteiger charge is 2.13. The highest BCUT2D eigenvalue weighted by atomic mass is 35.5. The predicted octanol–water partition coefficient (Wildman–Crippen LogP) is 3.64. The van der Waals surface area contributed by atoms with Gasteiger partial charge in [-0.1, -0.05) is 29.3 Å². The summed E-state index contributed by atoms with van der Waals surface area (Å²) in [4.78, 5) is 16.1. The summed E-state index contributed by atoms with van der Waals surface area (Å²) >= 11 is 11.7. The summed E-state index contributed by atoms with van der Waals surface area (Å²) in [5.41, 5.74) is 7.80. The van der Waals surface area contributed by atoms with Gasteiger partial charge in [0, 0.05) is 6.20 Å². The quantitative estimate of drug-likeness (QED) is 0.694. The van der Waals surface area contributed by atoms with Crippen molar-refractivity contribution in [3.8, 4) is 0 Å². The number of benzene rings is 1. The number of aromatic nitrogens is 1. The molecule has 104 valence electrons. The fraction of sp³-hybridized carbons (Fsp3) is 0.143. The van der Waals surface area contributed by atoms with Gasteiger partial charge in [-0.15, -0.1) is 0 Å². The number of carbonyl (C=O) groups is 1. The number of pyridine rings is 1. The Morgan fingerprint density at radius 1 is 1.40 bits per heavy atom. The molecule has 0 saturated carbocycles. The van der Waals surface area contributed by atoms with Crippen molar-refractivity contribution in [3.05, 3.63) is 57.3 Å². The van der Waals surface area contributed by atoms with Gasteiger partial charge in [-0.05, 0) is 30.7 Å². The van der Waals surface area contributed by atoms with Crippen molar-refractivity contribution in [3.63, 3.8) is 0 Å². The number of nitrogen functional groups attached to an aromatic ring is 1. The molecule has 20 heavy (non-hydrogen) atoms. The van der Waals surface area contributed by atoms with Crippen LogP contribution in [-0.2, 0) is 11.3 Å². The van der Waals surface area contributed by atoms with E-state index in [2.05, 4.69) is 4.98 Å². The van der Waals surface area contributed by atoms with Gasteiger partial charge in [0.2, 0.25) is 0 Å². The summed E-state index contributed by atoms with van der Waals surface area (Å²) < 4.78 is 5.19. The van der Waals surface area contributed by atoms with E-state index in [0.717, 1.165) is 5.56 Å². The molecule has 0 spiro atoms. The molecular weight excluding hydrogens is 299 g/mol. The molecule has 2 N–H and O–H groups in total. The molecule has 0 amide bonds. The second kappa shape index (κ2) is 6.11. The molecule has 0 radical (unpaired) electrons. The van der Waals surface area contributed by atoms with Crippen LogP contribution in [0.15, 0.2) is 30.5 Å². The van der Waals surface area contributed by atoms with E-state index in [1.165, 1.54) is 12.1 Å². The van der Waals surface area contributed by atoms with Gasteiger partial charge >= 0.3 is 5.97 Å². The van der Waals surface area contributed by atoms with Crippen molar-refractivity contribution < 1.29 is 9.53 Å². The van der Waals surface area contributed by atoms with E-state index in [1.807, 2.05) is 19.1 Å². The molecule has 4 nitrogen and oxygen atoms in total. The van der Waals surface area contributed by atoms with Crippen molar-refractivity contribution in [2.24, 2.45) is 0 Å². The van der Waals surface area contributed by atoms with E-state index in [0.29, 0.717) is 5.69 Å². The maximum atomic E-state index is 11.9. The van der Waals surface area contributed by atoms with Crippen LogP contribution in [0.3, 0.4) is 0 Å². The Balaban J connectivity index is 2.11. The van der Waals surface area contributed by atoms with Crippen molar-refractivity contribution >= 4 is 34.9 Å². The maximum Gasteiger partial charge on any atom is 0.338 e. The molecule has 0 aliphatic rings. The van der Waals surface area contributed by atoms with Crippen molar-refractivity contribution in [2.75, 3.05) is 5.73 Å². The second-order valence-electron chi connectivity index (χ2n) is 4.20. The lowest BCUT2D eigenvalue weighted by Crippen LogP contribution is -2.08. The number of rotatable bonds is 3. The van der Waals surface area contributed by atoms with E-state index in [-0.39, 0.29) is 27.9 Å². The molecule has 1 aromatic carbocycles. The summed E-state index contributed by atoms with van der Waals surface area (Å²) in [5.74, 6) is -0.527. The SMILES string of the molecule is Cc1cccnc1COC(=O)c1cc(N)c(Cl)c(Cl)c1. The van der Waals surface area contributed by atoms with Crippen LogP contribution < -0.4 is 5.73 Å². The minimum Gasteiger partial charge on any atom is -0.456 e. The Bertz CT molecular complexity index is 636. The largest absolute Gasteiger partial charge is 0.456 e. The Kier molecular flexibility index (Phi) is 4.47. The van der Waals surface area contributed by atoms with Gasteiger partial charge in [0.15, 0.2) is 0 Å². The lowest BCUT2D eigenvalue weighted by Gasteiger charge is -2.08. The monoisotopic (exact) mass is 310 g/mol. The predicted molar refractivity (Wildman–Crippen MR) is 79.0 cm³/mol. The van der Waals surface area contributed by atoms with Crippen LogP contribution in [-0.4, -0.2) is 11.0 Å². The van der Waals surface area contributed by atoms with Crippen LogP contribution in [0.25, 0.3) is 0 Å². The van der Waals surface area contributed by atoms with E-state index >= 15 is 0 Å². The first-order valence-electron chi connectivity index (χ1n) is 5.81. The third-order valence-corrected chi connectivity index (χ3v) is 3.57. The molecule has 0 saturated heterocycles. The highest BCUT2D eigenvalue weighted by Crippen LogP contribution is 2.29. The lowest BCUT2D eigenvalue weighted by atomic mass is 10.2. The van der Waals surface area contributed by atoms with Crippen LogP contribution in [0.1, 0.15) is 21.6 Å². The summed E-state index contributed by atoms with van der Waals surface area (Å²) in [6.07, 6.45) is 1.65. The standard InChI is InChI=1S/C14H12Cl2N2O2/c1-8-3-2-4-18-12(8)7-20-14(19)9-5-10(15)13(16)11(17)6-9/h2-6H,7,17H2,1H3. The number of carbonyl (C=O) groups excluding carboxylic acids is 1. The summed E-state index contributed by atoms with van der Waals surface area (Å²) in [7, 11) is 0. The Hall–Kier alpha value is -1.78. The summed E-state index contributed by atoms with van der Waals surface area (Å²) in [6, 6.07) is 6.57. The van der Waals surface area contributed by atoms with Crippen LogP contribution in [0, 0.1) is 6.92 Å². The minimum absolute atomic E-state index is 0.0889. The van der Waals surface area contributed by atoms with Crippen LogP contribution in [0.2, 0.25) is 10.0 Å². The second-order valence-corrected chi connectivity index (χ2v) is 4.99. The Morgan fingerprint density at radius 3 is 2.80 bits per heavy atom. The lowest BCUT2D eigenvalue weighted by molar-refractivity contribution is 0.0467. The molecular formula is C14H12Cl2N2O2. The first-order valence-corrected chi connectivity index (χ1v) is 6.56. The van der Waals surface area contributed by atoms with Crippen LogP contribution in [0.4, 0.5) is 5.69 Å². The Morgan fingerprint density at radius 2 is 2.15 bits per heavy atom. The van der Waals surface area contributed by atoms with Gasteiger partial charge in [0.05, 0.1) is 27.0 Å². The third-order valence-electron chi connectivity index (χ3n) is 2.75. The van der Waals surface area contributed by atoms with Gasteiger partial charge in [-0.3, -0.25) is 4.98 Å². The summed E-state index contributed by atoms with van der Waals surface area (Å²) in [6.45, 7) is 1.99. The third kappa shape index (κ3) is 3.21. The minimum atomic E-state index is -0.527. The number of ether oxygens (including phenoxy) is 1.